The maximum Gasteiger partial charge on any atom is 0.491 e. The summed E-state index contributed by atoms with van der Waals surface area (Å²) in [6.07, 6.45) is -0.966. The van der Waals surface area contributed by atoms with Crippen LogP contribution in [0.25, 0.3) is 0 Å². The second-order valence-corrected chi connectivity index (χ2v) is 3.87. The van der Waals surface area contributed by atoms with Gasteiger partial charge in [0.1, 0.15) is 11.9 Å². The van der Waals surface area contributed by atoms with Gasteiger partial charge in [0.25, 0.3) is 0 Å². The lowest BCUT2D eigenvalue weighted by atomic mass is 9.78. The van der Waals surface area contributed by atoms with Crippen molar-refractivity contribution in [1.29, 1.82) is 5.26 Å². The Bertz CT molecular complexity index is 543. The van der Waals surface area contributed by atoms with Crippen LogP contribution in [0.4, 0.5) is 4.39 Å². The van der Waals surface area contributed by atoms with E-state index in [4.69, 9.17) is 14.7 Å². The maximum atomic E-state index is 13.7. The zero-order chi connectivity index (χ0) is 13.3. The van der Waals surface area contributed by atoms with Gasteiger partial charge in [-0.2, -0.15) is 5.26 Å². The number of hydrogen-bond acceptors (Lipinski definition) is 5. The van der Waals surface area contributed by atoms with Gasteiger partial charge < -0.3 is 14.4 Å². The number of esters is 1. The molecule has 18 heavy (non-hydrogen) atoms. The van der Waals surface area contributed by atoms with Gasteiger partial charge >= 0.3 is 13.1 Å². The molecule has 0 saturated carbocycles. The molecule has 0 radical (unpaired) electrons. The Labute approximate surface area is 103 Å². The number of nitrogens with zero attached hydrogens (tertiary/aromatic N) is 1. The summed E-state index contributed by atoms with van der Waals surface area (Å²) in [6, 6.07) is 4.02. The van der Waals surface area contributed by atoms with Crippen molar-refractivity contribution in [3.63, 3.8) is 0 Å². The van der Waals surface area contributed by atoms with Crippen LogP contribution in [-0.4, -0.2) is 24.2 Å². The van der Waals surface area contributed by atoms with Crippen molar-refractivity contribution in [1.82, 2.24) is 0 Å². The van der Waals surface area contributed by atoms with Gasteiger partial charge in [-0.3, -0.25) is 0 Å². The van der Waals surface area contributed by atoms with E-state index in [1.807, 2.05) is 0 Å². The molecular weight excluding hydrogens is 240 g/mol. The van der Waals surface area contributed by atoms with Crippen LogP contribution in [0.5, 0.6) is 0 Å². The van der Waals surface area contributed by atoms with Gasteiger partial charge in [0.2, 0.25) is 0 Å². The highest BCUT2D eigenvalue weighted by Crippen LogP contribution is 2.16. The minimum absolute atomic E-state index is 0.0946. The highest BCUT2D eigenvalue weighted by molar-refractivity contribution is 6.61. The summed E-state index contributed by atoms with van der Waals surface area (Å²) in [5.74, 6) is -1.70. The largest absolute Gasteiger partial charge is 0.491 e. The molecule has 1 heterocycles. The standard InChI is InChI=1S/C11H9BFNO4/c1-6(4-14)18-11(15)8-3-9-7(2-10(8)13)5-17-12(9)16/h2-3,6,16H,5H2,1H3. The number of benzene rings is 1. The number of carbonyl (C=O) groups excluding carboxylic acids is 1. The molecule has 1 aromatic carbocycles. The van der Waals surface area contributed by atoms with Crippen LogP contribution in [0.15, 0.2) is 12.1 Å². The van der Waals surface area contributed by atoms with Gasteiger partial charge in [-0.05, 0) is 30.1 Å². The van der Waals surface area contributed by atoms with Crippen LogP contribution < -0.4 is 5.46 Å². The van der Waals surface area contributed by atoms with E-state index in [9.17, 15) is 14.2 Å². The molecule has 1 aromatic rings. The number of ether oxygens (including phenoxy) is 1. The molecule has 0 saturated heterocycles. The third-order valence-corrected chi connectivity index (χ3v) is 2.58. The highest BCUT2D eigenvalue weighted by atomic mass is 19.1. The summed E-state index contributed by atoms with van der Waals surface area (Å²) in [4.78, 5) is 11.6. The number of halogens is 1. The molecule has 92 valence electrons. The van der Waals surface area contributed by atoms with E-state index in [2.05, 4.69) is 0 Å². The monoisotopic (exact) mass is 249 g/mol. The predicted octanol–water partition coefficient (Wildman–Crippen LogP) is 0.112. The Balaban J connectivity index is 2.32. The third-order valence-electron chi connectivity index (χ3n) is 2.58. The van der Waals surface area contributed by atoms with Crippen molar-refractivity contribution in [2.75, 3.05) is 0 Å². The van der Waals surface area contributed by atoms with Gasteiger partial charge in [-0.1, -0.05) is 0 Å². The number of fused-ring (bicyclic) bond motifs is 1. The molecule has 0 bridgehead atoms. The first-order valence-corrected chi connectivity index (χ1v) is 5.25. The third kappa shape index (κ3) is 2.21. The Kier molecular flexibility index (Phi) is 3.32. The van der Waals surface area contributed by atoms with E-state index in [1.165, 1.54) is 13.0 Å². The van der Waals surface area contributed by atoms with Gasteiger partial charge in [-0.15, -0.1) is 0 Å². The molecule has 1 atom stereocenters. The molecule has 2 rings (SSSR count). The lowest BCUT2D eigenvalue weighted by Crippen LogP contribution is -2.29. The average Bonchev–Trinajstić information content (AvgIpc) is 2.69. The summed E-state index contributed by atoms with van der Waals surface area (Å²) >= 11 is 0. The fraction of sp³-hybridized carbons (Fsp3) is 0.273. The summed E-state index contributed by atoms with van der Waals surface area (Å²) in [5.41, 5.74) is 0.512. The van der Waals surface area contributed by atoms with Crippen molar-refractivity contribution >= 4 is 18.6 Å². The van der Waals surface area contributed by atoms with E-state index in [-0.39, 0.29) is 12.2 Å². The molecule has 0 fully saturated rings. The molecule has 5 nitrogen and oxygen atoms in total. The Morgan fingerprint density at radius 2 is 2.44 bits per heavy atom. The Hall–Kier alpha value is -1.91. The molecule has 1 unspecified atom stereocenters. The molecule has 7 heteroatoms. The van der Waals surface area contributed by atoms with E-state index in [1.54, 1.807) is 6.07 Å². The fourth-order valence-corrected chi connectivity index (χ4v) is 1.65. The van der Waals surface area contributed by atoms with Crippen molar-refractivity contribution in [3.8, 4) is 6.07 Å². The van der Waals surface area contributed by atoms with Gasteiger partial charge in [-0.25, -0.2) is 9.18 Å². The van der Waals surface area contributed by atoms with Gasteiger partial charge in [0.15, 0.2) is 6.10 Å². The minimum atomic E-state index is -1.17. The summed E-state index contributed by atoms with van der Waals surface area (Å²) in [5, 5.41) is 18.0. The summed E-state index contributed by atoms with van der Waals surface area (Å²) in [7, 11) is -1.17. The van der Waals surface area contributed by atoms with Crippen LogP contribution in [0, 0.1) is 17.1 Å². The van der Waals surface area contributed by atoms with Crippen LogP contribution >= 0.6 is 0 Å². The molecule has 1 aliphatic rings. The highest BCUT2D eigenvalue weighted by Gasteiger charge is 2.30. The molecule has 1 N–H and O–H groups in total. The maximum absolute atomic E-state index is 13.7. The SMILES string of the molecule is CC(C#N)OC(=O)c1cc2c(cc1F)COB2O. The predicted molar refractivity (Wildman–Crippen MR) is 59.3 cm³/mol. The van der Waals surface area contributed by atoms with E-state index in [0.717, 1.165) is 6.07 Å². The van der Waals surface area contributed by atoms with Crippen LogP contribution in [-0.2, 0) is 16.0 Å². The van der Waals surface area contributed by atoms with Crippen molar-refractivity contribution in [2.45, 2.75) is 19.6 Å². The van der Waals surface area contributed by atoms with Crippen LogP contribution in [0.2, 0.25) is 0 Å². The molecule has 0 spiro atoms. The molecular formula is C11H9BFNO4. The lowest BCUT2D eigenvalue weighted by Gasteiger charge is -2.08. The number of nitriles is 1. The number of rotatable bonds is 2. The summed E-state index contributed by atoms with van der Waals surface area (Å²) in [6.45, 7) is 1.47. The molecule has 1 aliphatic heterocycles. The average molecular weight is 249 g/mol. The van der Waals surface area contributed by atoms with E-state index < -0.39 is 25.0 Å². The topological polar surface area (TPSA) is 79.5 Å². The second kappa shape index (κ2) is 4.76. The molecule has 0 aliphatic carbocycles. The van der Waals surface area contributed by atoms with Gasteiger partial charge in [0.05, 0.1) is 12.2 Å². The first kappa shape index (κ1) is 12.5. The second-order valence-electron chi connectivity index (χ2n) is 3.87. The quantitative estimate of drug-likeness (QED) is 0.594. The van der Waals surface area contributed by atoms with Crippen LogP contribution in [0.3, 0.4) is 0 Å². The normalized spacial score (nSPS) is 14.9. The zero-order valence-electron chi connectivity index (χ0n) is 9.51. The Morgan fingerprint density at radius 3 is 3.11 bits per heavy atom. The minimum Gasteiger partial charge on any atom is -0.444 e. The van der Waals surface area contributed by atoms with Crippen LogP contribution in [0.1, 0.15) is 22.8 Å². The van der Waals surface area contributed by atoms with Crippen molar-refractivity contribution < 1.29 is 23.6 Å². The number of carbonyl (C=O) groups is 1. The fourth-order valence-electron chi connectivity index (χ4n) is 1.65. The molecule has 0 amide bonds. The summed E-state index contributed by atoms with van der Waals surface area (Å²) < 4.78 is 23.3. The van der Waals surface area contributed by atoms with Crippen molar-refractivity contribution in [3.05, 3.63) is 29.1 Å². The van der Waals surface area contributed by atoms with Crippen molar-refractivity contribution in [2.24, 2.45) is 0 Å². The zero-order valence-corrected chi connectivity index (χ0v) is 9.51. The van der Waals surface area contributed by atoms with Gasteiger partial charge in [0, 0.05) is 0 Å². The van der Waals surface area contributed by atoms with E-state index in [0.29, 0.717) is 11.0 Å². The van der Waals surface area contributed by atoms with E-state index >= 15 is 0 Å². The molecule has 0 aromatic heterocycles. The Morgan fingerprint density at radius 1 is 1.72 bits per heavy atom. The first-order valence-electron chi connectivity index (χ1n) is 5.25. The first-order chi connectivity index (χ1) is 8.52. The lowest BCUT2D eigenvalue weighted by molar-refractivity contribution is 0.0430. The smallest absolute Gasteiger partial charge is 0.444 e. The number of hydrogen-bond donors (Lipinski definition) is 1.